The number of nitro benzene ring substituents is 1. The van der Waals surface area contributed by atoms with Crippen LogP contribution in [0.15, 0.2) is 22.7 Å². The van der Waals surface area contributed by atoms with Crippen LogP contribution >= 0.6 is 15.9 Å². The number of nitro groups is 1. The summed E-state index contributed by atoms with van der Waals surface area (Å²) in [5.41, 5.74) is 0.831. The summed E-state index contributed by atoms with van der Waals surface area (Å²) in [6, 6.07) is 4.98. The summed E-state index contributed by atoms with van der Waals surface area (Å²) in [7, 11) is 3.70. The van der Waals surface area contributed by atoms with Crippen molar-refractivity contribution >= 4 is 21.6 Å². The summed E-state index contributed by atoms with van der Waals surface area (Å²) in [6.07, 6.45) is 0. The number of likely N-dealkylation sites (N-methyl/N-ethyl adjacent to an activating group) is 1. The Hall–Kier alpha value is -1.02. The third-order valence-electron chi connectivity index (χ3n) is 2.90. The fourth-order valence-corrected chi connectivity index (χ4v) is 2.13. The third-order valence-corrected chi connectivity index (χ3v) is 3.39. The molecule has 6 nitrogen and oxygen atoms in total. The standard InChI is InChI=1S/C13H20BrN3O3/c1-16(7-8-20-2)6-5-15-10-11-9-12(14)3-4-13(11)17(18)19/h3-4,9,15H,5-8,10H2,1-2H3. The molecule has 20 heavy (non-hydrogen) atoms. The topological polar surface area (TPSA) is 67.6 Å². The maximum absolute atomic E-state index is 10.9. The van der Waals surface area contributed by atoms with Crippen molar-refractivity contribution in [2.24, 2.45) is 0 Å². The van der Waals surface area contributed by atoms with Crippen LogP contribution in [0, 0.1) is 10.1 Å². The maximum atomic E-state index is 10.9. The molecule has 0 aromatic heterocycles. The van der Waals surface area contributed by atoms with Crippen molar-refractivity contribution in [3.8, 4) is 0 Å². The van der Waals surface area contributed by atoms with Crippen molar-refractivity contribution in [1.82, 2.24) is 10.2 Å². The molecule has 0 aliphatic carbocycles. The first kappa shape index (κ1) is 17.0. The van der Waals surface area contributed by atoms with Gasteiger partial charge in [0.1, 0.15) is 0 Å². The lowest BCUT2D eigenvalue weighted by atomic mass is 10.2. The van der Waals surface area contributed by atoms with E-state index in [-0.39, 0.29) is 10.6 Å². The predicted molar refractivity (Wildman–Crippen MR) is 81.9 cm³/mol. The molecule has 7 heteroatoms. The highest BCUT2D eigenvalue weighted by Gasteiger charge is 2.13. The van der Waals surface area contributed by atoms with Gasteiger partial charge in [-0.3, -0.25) is 10.1 Å². The second-order valence-electron chi connectivity index (χ2n) is 4.50. The third kappa shape index (κ3) is 5.96. The quantitative estimate of drug-likeness (QED) is 0.421. The normalized spacial score (nSPS) is 11.0. The number of nitrogens with one attached hydrogen (secondary N) is 1. The number of nitrogens with zero attached hydrogens (tertiary/aromatic N) is 2. The highest BCUT2D eigenvalue weighted by Crippen LogP contribution is 2.22. The number of benzene rings is 1. The van der Waals surface area contributed by atoms with Crippen LogP contribution in [0.3, 0.4) is 0 Å². The first-order valence-corrected chi connectivity index (χ1v) is 7.15. The van der Waals surface area contributed by atoms with Crippen molar-refractivity contribution in [2.45, 2.75) is 6.54 Å². The van der Waals surface area contributed by atoms with Gasteiger partial charge < -0.3 is 15.0 Å². The first-order chi connectivity index (χ1) is 9.54. The monoisotopic (exact) mass is 345 g/mol. The maximum Gasteiger partial charge on any atom is 0.273 e. The molecule has 0 atom stereocenters. The number of rotatable bonds is 9. The van der Waals surface area contributed by atoms with E-state index >= 15 is 0 Å². The summed E-state index contributed by atoms with van der Waals surface area (Å²) in [5, 5.41) is 14.2. The number of methoxy groups -OCH3 is 1. The molecule has 0 radical (unpaired) electrons. The summed E-state index contributed by atoms with van der Waals surface area (Å²) in [5.74, 6) is 0. The molecule has 0 saturated carbocycles. The largest absolute Gasteiger partial charge is 0.383 e. The molecular formula is C13H20BrN3O3. The van der Waals surface area contributed by atoms with Crippen molar-refractivity contribution in [3.63, 3.8) is 0 Å². The van der Waals surface area contributed by atoms with E-state index in [2.05, 4.69) is 26.1 Å². The zero-order chi connectivity index (χ0) is 15.0. The van der Waals surface area contributed by atoms with E-state index in [1.54, 1.807) is 19.2 Å². The average molecular weight is 346 g/mol. The molecule has 0 amide bonds. The van der Waals surface area contributed by atoms with E-state index in [0.717, 1.165) is 24.1 Å². The van der Waals surface area contributed by atoms with Gasteiger partial charge in [0.15, 0.2) is 0 Å². The summed E-state index contributed by atoms with van der Waals surface area (Å²) in [4.78, 5) is 12.7. The Bertz CT molecular complexity index is 443. The van der Waals surface area contributed by atoms with Crippen LogP contribution < -0.4 is 5.32 Å². The molecule has 1 N–H and O–H groups in total. The van der Waals surface area contributed by atoms with Gasteiger partial charge in [-0.1, -0.05) is 15.9 Å². The van der Waals surface area contributed by atoms with Crippen molar-refractivity contribution in [2.75, 3.05) is 40.4 Å². The Morgan fingerprint density at radius 2 is 2.20 bits per heavy atom. The van der Waals surface area contributed by atoms with Gasteiger partial charge in [0, 0.05) is 49.4 Å². The molecule has 1 aromatic carbocycles. The van der Waals surface area contributed by atoms with E-state index in [1.807, 2.05) is 7.05 Å². The predicted octanol–water partition coefficient (Wildman–Crippen LogP) is 2.03. The molecule has 0 heterocycles. The van der Waals surface area contributed by atoms with Crippen LogP contribution in [-0.2, 0) is 11.3 Å². The van der Waals surface area contributed by atoms with E-state index in [1.165, 1.54) is 6.07 Å². The summed E-state index contributed by atoms with van der Waals surface area (Å²) >= 11 is 3.33. The molecule has 1 rings (SSSR count). The fourth-order valence-electron chi connectivity index (χ4n) is 1.73. The van der Waals surface area contributed by atoms with E-state index in [9.17, 15) is 10.1 Å². The first-order valence-electron chi connectivity index (χ1n) is 6.35. The lowest BCUT2D eigenvalue weighted by molar-refractivity contribution is -0.385. The van der Waals surface area contributed by atoms with E-state index in [0.29, 0.717) is 18.7 Å². The van der Waals surface area contributed by atoms with Gasteiger partial charge in [0.2, 0.25) is 0 Å². The summed E-state index contributed by atoms with van der Waals surface area (Å²) in [6.45, 7) is 3.69. The molecule has 0 bridgehead atoms. The van der Waals surface area contributed by atoms with Gasteiger partial charge in [-0.25, -0.2) is 0 Å². The highest BCUT2D eigenvalue weighted by molar-refractivity contribution is 9.10. The van der Waals surface area contributed by atoms with Crippen molar-refractivity contribution < 1.29 is 9.66 Å². The molecule has 112 valence electrons. The van der Waals surface area contributed by atoms with Crippen LogP contribution in [0.5, 0.6) is 0 Å². The number of hydrogen-bond donors (Lipinski definition) is 1. The minimum atomic E-state index is -0.353. The second kappa shape index (κ2) is 9.02. The SMILES string of the molecule is COCCN(C)CCNCc1cc(Br)ccc1[N+](=O)[O-]. The van der Waals surface area contributed by atoms with Crippen LogP contribution in [0.25, 0.3) is 0 Å². The van der Waals surface area contributed by atoms with Gasteiger partial charge in [0.05, 0.1) is 11.5 Å². The van der Waals surface area contributed by atoms with Crippen LogP contribution in [0.4, 0.5) is 5.69 Å². The van der Waals surface area contributed by atoms with Crippen LogP contribution in [0.2, 0.25) is 0 Å². The van der Waals surface area contributed by atoms with Crippen molar-refractivity contribution in [1.29, 1.82) is 0 Å². The van der Waals surface area contributed by atoms with Gasteiger partial charge in [-0.05, 0) is 19.2 Å². The molecule has 0 fully saturated rings. The molecule has 0 aliphatic heterocycles. The number of halogens is 1. The number of ether oxygens (including phenoxy) is 1. The van der Waals surface area contributed by atoms with Gasteiger partial charge >= 0.3 is 0 Å². The van der Waals surface area contributed by atoms with Gasteiger partial charge in [0.25, 0.3) is 5.69 Å². The fraction of sp³-hybridized carbons (Fsp3) is 0.538. The summed E-state index contributed by atoms with van der Waals surface area (Å²) < 4.78 is 5.85. The zero-order valence-electron chi connectivity index (χ0n) is 11.8. The van der Waals surface area contributed by atoms with Crippen LogP contribution in [0.1, 0.15) is 5.56 Å². The highest BCUT2D eigenvalue weighted by atomic mass is 79.9. The molecular weight excluding hydrogens is 326 g/mol. The Labute approximate surface area is 127 Å². The lowest BCUT2D eigenvalue weighted by Gasteiger charge is -2.16. The zero-order valence-corrected chi connectivity index (χ0v) is 13.4. The molecule has 0 unspecified atom stereocenters. The molecule has 0 saturated heterocycles. The van der Waals surface area contributed by atoms with E-state index < -0.39 is 0 Å². The van der Waals surface area contributed by atoms with Crippen molar-refractivity contribution in [3.05, 3.63) is 38.3 Å². The minimum Gasteiger partial charge on any atom is -0.383 e. The number of hydrogen-bond acceptors (Lipinski definition) is 5. The second-order valence-corrected chi connectivity index (χ2v) is 5.42. The minimum absolute atomic E-state index is 0.147. The average Bonchev–Trinajstić information content (AvgIpc) is 2.41. The Morgan fingerprint density at radius 1 is 1.45 bits per heavy atom. The Kier molecular flexibility index (Phi) is 7.68. The molecule has 1 aromatic rings. The Morgan fingerprint density at radius 3 is 2.85 bits per heavy atom. The molecule has 0 aliphatic rings. The van der Waals surface area contributed by atoms with Crippen LogP contribution in [-0.4, -0.2) is 50.2 Å². The van der Waals surface area contributed by atoms with Gasteiger partial charge in [-0.2, -0.15) is 0 Å². The van der Waals surface area contributed by atoms with E-state index in [4.69, 9.17) is 4.74 Å². The smallest absolute Gasteiger partial charge is 0.273 e. The Balaban J connectivity index is 2.42. The van der Waals surface area contributed by atoms with Gasteiger partial charge in [-0.15, -0.1) is 0 Å². The lowest BCUT2D eigenvalue weighted by Crippen LogP contribution is -2.31. The molecule has 0 spiro atoms.